The number of aryl methyl sites for hydroxylation is 1. The molecule has 0 amide bonds. The van der Waals surface area contributed by atoms with Gasteiger partial charge in [0.05, 0.1) is 6.61 Å². The Labute approximate surface area is 129 Å². The monoisotopic (exact) mass is 325 g/mol. The summed E-state index contributed by atoms with van der Waals surface area (Å²) in [6, 6.07) is 9.68. The highest BCUT2D eigenvalue weighted by atomic mass is 32.2. The highest BCUT2D eigenvalue weighted by Gasteiger charge is 2.21. The van der Waals surface area contributed by atoms with Crippen LogP contribution in [0, 0.1) is 6.92 Å². The maximum Gasteiger partial charge on any atom is 0.244 e. The standard InChI is InChI=1S/C15H19NO5S/c1-3-20-14-6-4-5-7-15(14)22(18,19)16-10-12(17)13-9-8-11(2)21-13/h4-9,12,16-17H,3,10H2,1-2H3. The predicted octanol–water partition coefficient (Wildman–Crippen LogP) is 2.00. The minimum absolute atomic E-state index is 0.0414. The van der Waals surface area contributed by atoms with Crippen molar-refractivity contribution in [2.75, 3.05) is 13.2 Å². The van der Waals surface area contributed by atoms with Crippen LogP contribution < -0.4 is 9.46 Å². The van der Waals surface area contributed by atoms with Gasteiger partial charge in [0.25, 0.3) is 0 Å². The third-order valence-electron chi connectivity index (χ3n) is 2.99. The van der Waals surface area contributed by atoms with Crippen LogP contribution in [-0.2, 0) is 10.0 Å². The first kappa shape index (κ1) is 16.5. The van der Waals surface area contributed by atoms with Crippen molar-refractivity contribution in [3.8, 4) is 5.75 Å². The normalized spacial score (nSPS) is 13.0. The third kappa shape index (κ3) is 3.88. The molecule has 0 saturated carbocycles. The number of sulfonamides is 1. The van der Waals surface area contributed by atoms with Gasteiger partial charge in [-0.3, -0.25) is 0 Å². The van der Waals surface area contributed by atoms with Gasteiger partial charge in [-0.2, -0.15) is 0 Å². The molecule has 0 aliphatic heterocycles. The van der Waals surface area contributed by atoms with Gasteiger partial charge >= 0.3 is 0 Å². The lowest BCUT2D eigenvalue weighted by Gasteiger charge is -2.13. The van der Waals surface area contributed by atoms with Gasteiger partial charge in [-0.15, -0.1) is 0 Å². The zero-order chi connectivity index (χ0) is 16.2. The average Bonchev–Trinajstić information content (AvgIpc) is 2.92. The third-order valence-corrected chi connectivity index (χ3v) is 4.46. The quantitative estimate of drug-likeness (QED) is 0.813. The first-order valence-corrected chi connectivity index (χ1v) is 8.38. The molecule has 0 radical (unpaired) electrons. The van der Waals surface area contributed by atoms with Crippen LogP contribution in [0.2, 0.25) is 0 Å². The molecule has 6 nitrogen and oxygen atoms in total. The molecule has 2 aromatic rings. The van der Waals surface area contributed by atoms with Gasteiger partial charge in [-0.05, 0) is 38.1 Å². The zero-order valence-electron chi connectivity index (χ0n) is 12.4. The highest BCUT2D eigenvalue weighted by Crippen LogP contribution is 2.23. The van der Waals surface area contributed by atoms with E-state index in [1.807, 2.05) is 0 Å². The fraction of sp³-hybridized carbons (Fsp3) is 0.333. The fourth-order valence-corrected chi connectivity index (χ4v) is 3.13. The molecule has 120 valence electrons. The SMILES string of the molecule is CCOc1ccccc1S(=O)(=O)NCC(O)c1ccc(C)o1. The molecule has 1 heterocycles. The molecule has 0 bridgehead atoms. The molecule has 0 aliphatic rings. The molecule has 7 heteroatoms. The summed E-state index contributed by atoms with van der Waals surface area (Å²) in [7, 11) is -3.79. The highest BCUT2D eigenvalue weighted by molar-refractivity contribution is 7.89. The lowest BCUT2D eigenvalue weighted by molar-refractivity contribution is 0.152. The van der Waals surface area contributed by atoms with E-state index >= 15 is 0 Å². The van der Waals surface area contributed by atoms with Crippen LogP contribution in [-0.4, -0.2) is 26.7 Å². The van der Waals surface area contributed by atoms with Crippen LogP contribution in [0.5, 0.6) is 5.75 Å². The number of aliphatic hydroxyl groups excluding tert-OH is 1. The maximum atomic E-state index is 12.3. The predicted molar refractivity (Wildman–Crippen MR) is 81.2 cm³/mol. The minimum atomic E-state index is -3.79. The molecule has 0 spiro atoms. The van der Waals surface area contributed by atoms with Gasteiger partial charge in [0.15, 0.2) is 0 Å². The maximum absolute atomic E-state index is 12.3. The van der Waals surface area contributed by atoms with E-state index in [0.29, 0.717) is 18.1 Å². The van der Waals surface area contributed by atoms with Gasteiger partial charge in [-0.25, -0.2) is 13.1 Å². The van der Waals surface area contributed by atoms with Crippen molar-refractivity contribution in [1.82, 2.24) is 4.72 Å². The van der Waals surface area contributed by atoms with Crippen LogP contribution in [0.1, 0.15) is 24.5 Å². The summed E-state index contributed by atoms with van der Waals surface area (Å²) in [4.78, 5) is 0.0414. The Morgan fingerprint density at radius 1 is 1.27 bits per heavy atom. The van der Waals surface area contributed by atoms with Crippen LogP contribution in [0.25, 0.3) is 0 Å². The molecule has 1 aromatic carbocycles. The second-order valence-corrected chi connectivity index (χ2v) is 6.43. The molecule has 1 atom stereocenters. The van der Waals surface area contributed by atoms with E-state index < -0.39 is 16.1 Å². The fourth-order valence-electron chi connectivity index (χ4n) is 1.95. The molecule has 0 fully saturated rings. The number of aliphatic hydroxyl groups is 1. The molecule has 0 aliphatic carbocycles. The zero-order valence-corrected chi connectivity index (χ0v) is 13.3. The van der Waals surface area contributed by atoms with E-state index in [1.54, 1.807) is 44.2 Å². The Balaban J connectivity index is 2.11. The molecular formula is C15H19NO5S. The van der Waals surface area contributed by atoms with Crippen LogP contribution in [0.15, 0.2) is 45.7 Å². The van der Waals surface area contributed by atoms with Crippen molar-refractivity contribution in [2.24, 2.45) is 0 Å². The van der Waals surface area contributed by atoms with Crippen molar-refractivity contribution in [1.29, 1.82) is 0 Å². The van der Waals surface area contributed by atoms with E-state index in [4.69, 9.17) is 9.15 Å². The number of benzene rings is 1. The van der Waals surface area contributed by atoms with Crippen molar-refractivity contribution >= 4 is 10.0 Å². The minimum Gasteiger partial charge on any atom is -0.492 e. The molecule has 2 rings (SSSR count). The molecular weight excluding hydrogens is 306 g/mol. The summed E-state index contributed by atoms with van der Waals surface area (Å²) in [6.45, 7) is 3.70. The number of nitrogens with one attached hydrogen (secondary N) is 1. The number of rotatable bonds is 7. The molecule has 0 saturated heterocycles. The van der Waals surface area contributed by atoms with E-state index in [2.05, 4.69) is 4.72 Å². The topological polar surface area (TPSA) is 88.8 Å². The molecule has 22 heavy (non-hydrogen) atoms. The van der Waals surface area contributed by atoms with E-state index in [-0.39, 0.29) is 17.2 Å². The molecule has 1 unspecified atom stereocenters. The first-order valence-electron chi connectivity index (χ1n) is 6.90. The molecule has 1 aromatic heterocycles. The second-order valence-electron chi connectivity index (χ2n) is 4.70. The Bertz CT molecular complexity index is 723. The van der Waals surface area contributed by atoms with Crippen molar-refractivity contribution in [3.63, 3.8) is 0 Å². The number of furan rings is 1. The summed E-state index contributed by atoms with van der Waals surface area (Å²) in [5.41, 5.74) is 0. The van der Waals surface area contributed by atoms with Crippen molar-refractivity contribution in [2.45, 2.75) is 24.8 Å². The Kier molecular flexibility index (Phi) is 5.23. The van der Waals surface area contributed by atoms with E-state index in [1.165, 1.54) is 6.07 Å². The van der Waals surface area contributed by atoms with Crippen molar-refractivity contribution < 1.29 is 22.7 Å². The van der Waals surface area contributed by atoms with E-state index in [9.17, 15) is 13.5 Å². The summed E-state index contributed by atoms with van der Waals surface area (Å²) in [5.74, 6) is 1.25. The van der Waals surface area contributed by atoms with E-state index in [0.717, 1.165) is 0 Å². The number of ether oxygens (including phenoxy) is 1. The van der Waals surface area contributed by atoms with Crippen LogP contribution in [0.4, 0.5) is 0 Å². The van der Waals surface area contributed by atoms with Gasteiger partial charge < -0.3 is 14.3 Å². The summed E-state index contributed by atoms with van der Waals surface area (Å²) in [6.07, 6.45) is -1.05. The summed E-state index contributed by atoms with van der Waals surface area (Å²) in [5, 5.41) is 9.96. The first-order chi connectivity index (χ1) is 10.4. The van der Waals surface area contributed by atoms with Gasteiger partial charge in [-0.1, -0.05) is 12.1 Å². The smallest absolute Gasteiger partial charge is 0.244 e. The van der Waals surface area contributed by atoms with Crippen molar-refractivity contribution in [3.05, 3.63) is 47.9 Å². The number of hydrogen-bond acceptors (Lipinski definition) is 5. The lowest BCUT2D eigenvalue weighted by atomic mass is 10.3. The second kappa shape index (κ2) is 6.95. The van der Waals surface area contributed by atoms with Gasteiger partial charge in [0.1, 0.15) is 28.3 Å². The number of hydrogen-bond donors (Lipinski definition) is 2. The number of para-hydroxylation sites is 1. The lowest BCUT2D eigenvalue weighted by Crippen LogP contribution is -2.28. The Hall–Kier alpha value is -1.83. The molecule has 2 N–H and O–H groups in total. The Morgan fingerprint density at radius 2 is 2.00 bits per heavy atom. The van der Waals surface area contributed by atoms with Crippen LogP contribution >= 0.6 is 0 Å². The summed E-state index contributed by atoms with van der Waals surface area (Å²) >= 11 is 0. The van der Waals surface area contributed by atoms with Gasteiger partial charge in [0.2, 0.25) is 10.0 Å². The van der Waals surface area contributed by atoms with Gasteiger partial charge in [0, 0.05) is 6.54 Å². The largest absolute Gasteiger partial charge is 0.492 e. The Morgan fingerprint density at radius 3 is 2.64 bits per heavy atom. The summed E-state index contributed by atoms with van der Waals surface area (Å²) < 4.78 is 37.6. The van der Waals surface area contributed by atoms with Crippen LogP contribution in [0.3, 0.4) is 0 Å². The average molecular weight is 325 g/mol.